The molecule has 1 fully saturated rings. The number of nitrogens with zero attached hydrogens (tertiary/aromatic N) is 4. The van der Waals surface area contributed by atoms with Crippen molar-refractivity contribution >= 4 is 22.7 Å². The molecular weight excluding hydrogens is 413 g/mol. The number of aromatic amines is 1. The van der Waals surface area contributed by atoms with E-state index in [0.717, 1.165) is 42.7 Å². The predicted octanol–water partition coefficient (Wildman–Crippen LogP) is 2.23. The second kappa shape index (κ2) is 9.04. The van der Waals surface area contributed by atoms with Gasteiger partial charge in [0.2, 0.25) is 5.95 Å². The summed E-state index contributed by atoms with van der Waals surface area (Å²) in [7, 11) is 1.24. The number of hydrogen-bond acceptors (Lipinski definition) is 7. The van der Waals surface area contributed by atoms with Crippen LogP contribution >= 0.6 is 0 Å². The molecule has 1 aromatic carbocycles. The fourth-order valence-corrected chi connectivity index (χ4v) is 4.07. The van der Waals surface area contributed by atoms with Gasteiger partial charge in [0.25, 0.3) is 5.56 Å². The summed E-state index contributed by atoms with van der Waals surface area (Å²) in [5.41, 5.74) is 4.48. The molecule has 0 amide bonds. The monoisotopic (exact) mass is 439 g/mol. The Hall–Kier alpha value is -3.33. The van der Waals surface area contributed by atoms with E-state index in [-0.39, 0.29) is 11.3 Å². The fourth-order valence-electron chi connectivity index (χ4n) is 4.07. The van der Waals surface area contributed by atoms with Crippen molar-refractivity contribution < 1.29 is 13.9 Å². The van der Waals surface area contributed by atoms with Gasteiger partial charge >= 0.3 is 5.97 Å². The number of aryl methyl sites for hydroxylation is 2. The molecule has 0 spiro atoms. The van der Waals surface area contributed by atoms with Crippen molar-refractivity contribution in [3.63, 3.8) is 0 Å². The first kappa shape index (κ1) is 21.9. The molecule has 1 N–H and O–H groups in total. The number of aromatic nitrogens is 3. The molecule has 4 rings (SSSR count). The van der Waals surface area contributed by atoms with Crippen LogP contribution in [0.4, 0.5) is 10.1 Å². The lowest BCUT2D eigenvalue weighted by Crippen LogP contribution is -2.47. The Kier molecular flexibility index (Phi) is 6.18. The van der Waals surface area contributed by atoms with Crippen LogP contribution in [0.3, 0.4) is 0 Å². The summed E-state index contributed by atoms with van der Waals surface area (Å²) >= 11 is 0. The van der Waals surface area contributed by atoms with Crippen molar-refractivity contribution in [1.82, 2.24) is 19.9 Å². The Bertz CT molecular complexity index is 1220. The number of pyridine rings is 1. The van der Waals surface area contributed by atoms with Gasteiger partial charge in [0, 0.05) is 32.7 Å². The van der Waals surface area contributed by atoms with E-state index >= 15 is 0 Å². The lowest BCUT2D eigenvalue weighted by molar-refractivity contribution is 0.0592. The predicted molar refractivity (Wildman–Crippen MR) is 120 cm³/mol. The third-order valence-electron chi connectivity index (χ3n) is 6.04. The van der Waals surface area contributed by atoms with Gasteiger partial charge in [0.15, 0.2) is 5.69 Å². The molecule has 8 nitrogen and oxygen atoms in total. The molecule has 2 aromatic heterocycles. The van der Waals surface area contributed by atoms with Crippen LogP contribution in [-0.2, 0) is 11.2 Å². The van der Waals surface area contributed by atoms with Gasteiger partial charge in [-0.1, -0.05) is 6.07 Å². The van der Waals surface area contributed by atoms with E-state index in [4.69, 9.17) is 0 Å². The van der Waals surface area contributed by atoms with Crippen LogP contribution in [0, 0.1) is 19.8 Å². The lowest BCUT2D eigenvalue weighted by Gasteiger charge is -2.36. The molecule has 0 unspecified atom stereocenters. The maximum atomic E-state index is 14.4. The van der Waals surface area contributed by atoms with E-state index in [0.29, 0.717) is 24.5 Å². The molecule has 1 aliphatic rings. The van der Waals surface area contributed by atoms with Crippen LogP contribution in [0.25, 0.3) is 11.0 Å². The largest absolute Gasteiger partial charge is 0.464 e. The van der Waals surface area contributed by atoms with Gasteiger partial charge in [-0.15, -0.1) is 0 Å². The summed E-state index contributed by atoms with van der Waals surface area (Å²) in [6.07, 6.45) is 0.849. The van der Waals surface area contributed by atoms with Crippen molar-refractivity contribution in [2.75, 3.05) is 44.7 Å². The number of fused-ring (bicyclic) bond motifs is 1. The van der Waals surface area contributed by atoms with Gasteiger partial charge < -0.3 is 14.6 Å². The normalized spacial score (nSPS) is 14.7. The van der Waals surface area contributed by atoms with Gasteiger partial charge in [-0.25, -0.2) is 14.8 Å². The first-order chi connectivity index (χ1) is 15.4. The van der Waals surface area contributed by atoms with Gasteiger partial charge in [0.1, 0.15) is 5.69 Å². The number of anilines is 1. The summed E-state index contributed by atoms with van der Waals surface area (Å²) in [5.74, 6) is -1.31. The second-order valence-electron chi connectivity index (χ2n) is 7.97. The topological polar surface area (TPSA) is 91.4 Å². The van der Waals surface area contributed by atoms with E-state index < -0.39 is 11.9 Å². The zero-order chi connectivity index (χ0) is 22.8. The van der Waals surface area contributed by atoms with E-state index in [1.807, 2.05) is 17.9 Å². The van der Waals surface area contributed by atoms with Gasteiger partial charge in [-0.2, -0.15) is 4.39 Å². The first-order valence-electron chi connectivity index (χ1n) is 10.6. The molecule has 0 radical (unpaired) electrons. The van der Waals surface area contributed by atoms with Gasteiger partial charge in [0.05, 0.1) is 23.8 Å². The van der Waals surface area contributed by atoms with Crippen molar-refractivity contribution in [1.29, 1.82) is 0 Å². The minimum Gasteiger partial charge on any atom is -0.464 e. The Morgan fingerprint density at radius 1 is 1.12 bits per heavy atom. The third kappa shape index (κ3) is 4.34. The number of nitrogens with one attached hydrogen (secondary N) is 1. The standard InChI is InChI=1S/C23H26FN5O3/c1-14-16(4-5-17-20(14)27-22(30)15(2)25-17)8-9-28-10-12-29(13-11-28)19-7-6-18(23(31)32-3)26-21(19)24/h4-7H,8-13H2,1-3H3,(H,27,30). The van der Waals surface area contributed by atoms with Crippen LogP contribution in [0.5, 0.6) is 0 Å². The van der Waals surface area contributed by atoms with Crippen molar-refractivity contribution in [3.8, 4) is 0 Å². The van der Waals surface area contributed by atoms with Crippen LogP contribution in [0.2, 0.25) is 0 Å². The average Bonchev–Trinajstić information content (AvgIpc) is 2.80. The summed E-state index contributed by atoms with van der Waals surface area (Å²) in [6, 6.07) is 7.09. The quantitative estimate of drug-likeness (QED) is 0.481. The van der Waals surface area contributed by atoms with Gasteiger partial charge in [-0.3, -0.25) is 9.69 Å². The molecule has 9 heteroatoms. The molecule has 1 aliphatic heterocycles. The smallest absolute Gasteiger partial charge is 0.356 e. The van der Waals surface area contributed by atoms with Crippen molar-refractivity contribution in [2.24, 2.45) is 0 Å². The molecule has 0 atom stereocenters. The maximum Gasteiger partial charge on any atom is 0.356 e. The Morgan fingerprint density at radius 2 is 1.88 bits per heavy atom. The Labute approximate surface area is 185 Å². The second-order valence-corrected chi connectivity index (χ2v) is 7.97. The fraction of sp³-hybridized carbons (Fsp3) is 0.391. The minimum absolute atomic E-state index is 0.0372. The Balaban J connectivity index is 1.38. The highest BCUT2D eigenvalue weighted by atomic mass is 19.1. The number of hydrogen-bond donors (Lipinski definition) is 1. The van der Waals surface area contributed by atoms with Crippen LogP contribution in [0.1, 0.15) is 27.3 Å². The zero-order valence-corrected chi connectivity index (χ0v) is 18.4. The molecule has 3 aromatic rings. The number of benzene rings is 1. The van der Waals surface area contributed by atoms with Crippen LogP contribution in [-0.4, -0.2) is 65.7 Å². The summed E-state index contributed by atoms with van der Waals surface area (Å²) in [5, 5.41) is 0. The number of H-pyrrole nitrogens is 1. The summed E-state index contributed by atoms with van der Waals surface area (Å²) in [4.78, 5) is 38.8. The molecule has 168 valence electrons. The highest BCUT2D eigenvalue weighted by molar-refractivity contribution is 5.87. The SMILES string of the molecule is COC(=O)c1ccc(N2CCN(CCc3ccc4nc(C)c(=O)[nH]c4c3C)CC2)c(F)n1. The number of carbonyl (C=O) groups is 1. The van der Waals surface area contributed by atoms with Crippen molar-refractivity contribution in [2.45, 2.75) is 20.3 Å². The minimum atomic E-state index is -0.661. The number of piperazine rings is 1. The summed E-state index contributed by atoms with van der Waals surface area (Å²) in [6.45, 7) is 7.51. The van der Waals surface area contributed by atoms with E-state index in [1.165, 1.54) is 18.7 Å². The lowest BCUT2D eigenvalue weighted by atomic mass is 10.0. The van der Waals surface area contributed by atoms with Crippen molar-refractivity contribution in [3.05, 3.63) is 63.1 Å². The number of rotatable bonds is 5. The van der Waals surface area contributed by atoms with Gasteiger partial charge in [-0.05, 0) is 49.6 Å². The van der Waals surface area contributed by atoms with Crippen LogP contribution in [0.15, 0.2) is 29.1 Å². The average molecular weight is 439 g/mol. The Morgan fingerprint density at radius 3 is 2.56 bits per heavy atom. The van der Waals surface area contributed by atoms with E-state index in [1.54, 1.807) is 13.0 Å². The number of carbonyl (C=O) groups excluding carboxylic acids is 1. The first-order valence-corrected chi connectivity index (χ1v) is 10.6. The number of methoxy groups -OCH3 is 1. The van der Waals surface area contributed by atoms with E-state index in [2.05, 4.69) is 30.7 Å². The van der Waals surface area contributed by atoms with Crippen LogP contribution < -0.4 is 10.5 Å². The molecule has 0 saturated carbocycles. The molecule has 0 aliphatic carbocycles. The third-order valence-corrected chi connectivity index (χ3v) is 6.04. The number of esters is 1. The number of halogens is 1. The molecule has 0 bridgehead atoms. The maximum absolute atomic E-state index is 14.4. The number of ether oxygens (including phenoxy) is 1. The molecular formula is C23H26FN5O3. The van der Waals surface area contributed by atoms with E-state index in [9.17, 15) is 14.0 Å². The highest BCUT2D eigenvalue weighted by Crippen LogP contribution is 2.21. The summed E-state index contributed by atoms with van der Waals surface area (Å²) < 4.78 is 19.0. The molecule has 32 heavy (non-hydrogen) atoms. The molecule has 1 saturated heterocycles. The highest BCUT2D eigenvalue weighted by Gasteiger charge is 2.21. The zero-order valence-electron chi connectivity index (χ0n) is 18.4. The molecule has 3 heterocycles.